The van der Waals surface area contributed by atoms with Crippen molar-refractivity contribution in [2.75, 3.05) is 18.4 Å². The minimum atomic E-state index is -0.0214. The van der Waals surface area contributed by atoms with Crippen LogP contribution in [0.2, 0.25) is 0 Å². The van der Waals surface area contributed by atoms with Crippen LogP contribution in [-0.2, 0) is 4.79 Å². The molecule has 0 aliphatic heterocycles. The minimum Gasteiger partial charge on any atom is -0.489 e. The number of hydrogen-bond acceptors (Lipinski definition) is 3. The fraction of sp³-hybridized carbons (Fsp3) is 0.462. The van der Waals surface area contributed by atoms with Gasteiger partial charge in [0.15, 0.2) is 0 Å². The number of likely N-dealkylation sites (N-methyl/N-ethyl adjacent to an activating group) is 1. The molecule has 0 saturated heterocycles. The highest BCUT2D eigenvalue weighted by Gasteiger charge is 2.06. The van der Waals surface area contributed by atoms with E-state index in [4.69, 9.17) is 4.74 Å². The van der Waals surface area contributed by atoms with Crippen LogP contribution in [0.3, 0.4) is 0 Å². The molecule has 4 heteroatoms. The molecule has 0 unspecified atom stereocenters. The summed E-state index contributed by atoms with van der Waals surface area (Å²) in [6.45, 7) is 6.74. The summed E-state index contributed by atoms with van der Waals surface area (Å²) in [5, 5.41) is 5.80. The molecule has 4 nitrogen and oxygen atoms in total. The SMILES string of the molecule is CCNC(=O)CNc1ccccc1OC(C)C. The van der Waals surface area contributed by atoms with Gasteiger partial charge in [-0.15, -0.1) is 0 Å². The molecule has 0 atom stereocenters. The summed E-state index contributed by atoms with van der Waals surface area (Å²) < 4.78 is 5.64. The predicted molar refractivity (Wildman–Crippen MR) is 69.4 cm³/mol. The average molecular weight is 236 g/mol. The Morgan fingerprint density at radius 2 is 2.06 bits per heavy atom. The summed E-state index contributed by atoms with van der Waals surface area (Å²) in [7, 11) is 0. The Bertz CT molecular complexity index is 364. The third-order valence-corrected chi connectivity index (χ3v) is 2.06. The zero-order valence-corrected chi connectivity index (χ0v) is 10.6. The number of hydrogen-bond donors (Lipinski definition) is 2. The van der Waals surface area contributed by atoms with E-state index in [1.165, 1.54) is 0 Å². The van der Waals surface area contributed by atoms with Crippen molar-refractivity contribution in [1.82, 2.24) is 5.32 Å². The van der Waals surface area contributed by atoms with Gasteiger partial charge < -0.3 is 15.4 Å². The molecule has 0 heterocycles. The fourth-order valence-electron chi connectivity index (χ4n) is 1.40. The third-order valence-electron chi connectivity index (χ3n) is 2.06. The first-order chi connectivity index (χ1) is 8.13. The molecule has 1 aromatic rings. The van der Waals surface area contributed by atoms with E-state index in [9.17, 15) is 4.79 Å². The summed E-state index contributed by atoms with van der Waals surface area (Å²) in [6, 6.07) is 7.61. The highest BCUT2D eigenvalue weighted by atomic mass is 16.5. The Balaban J connectivity index is 2.60. The summed E-state index contributed by atoms with van der Waals surface area (Å²) in [4.78, 5) is 11.3. The molecular weight excluding hydrogens is 216 g/mol. The molecule has 1 aromatic carbocycles. The maximum atomic E-state index is 11.3. The Hall–Kier alpha value is -1.71. The first kappa shape index (κ1) is 13.4. The molecule has 2 N–H and O–H groups in total. The molecule has 0 aliphatic rings. The number of carbonyl (C=O) groups excluding carboxylic acids is 1. The number of nitrogens with one attached hydrogen (secondary N) is 2. The van der Waals surface area contributed by atoms with E-state index in [0.29, 0.717) is 6.54 Å². The second-order valence-electron chi connectivity index (χ2n) is 3.97. The van der Waals surface area contributed by atoms with Crippen molar-refractivity contribution < 1.29 is 9.53 Å². The highest BCUT2D eigenvalue weighted by molar-refractivity contribution is 5.81. The number of rotatable bonds is 6. The van der Waals surface area contributed by atoms with Crippen LogP contribution in [0, 0.1) is 0 Å². The van der Waals surface area contributed by atoms with E-state index in [-0.39, 0.29) is 18.6 Å². The van der Waals surface area contributed by atoms with E-state index in [0.717, 1.165) is 11.4 Å². The van der Waals surface area contributed by atoms with Gasteiger partial charge in [-0.3, -0.25) is 4.79 Å². The van der Waals surface area contributed by atoms with E-state index >= 15 is 0 Å². The Morgan fingerprint density at radius 1 is 1.35 bits per heavy atom. The smallest absolute Gasteiger partial charge is 0.239 e. The van der Waals surface area contributed by atoms with E-state index in [1.807, 2.05) is 45.0 Å². The van der Waals surface area contributed by atoms with Crippen molar-refractivity contribution in [3.63, 3.8) is 0 Å². The molecule has 17 heavy (non-hydrogen) atoms. The van der Waals surface area contributed by atoms with Crippen LogP contribution in [0.1, 0.15) is 20.8 Å². The van der Waals surface area contributed by atoms with Gasteiger partial charge in [0.05, 0.1) is 18.3 Å². The largest absolute Gasteiger partial charge is 0.489 e. The first-order valence-corrected chi connectivity index (χ1v) is 5.89. The zero-order valence-electron chi connectivity index (χ0n) is 10.6. The summed E-state index contributed by atoms with van der Waals surface area (Å²) in [6.07, 6.45) is 0.113. The van der Waals surface area contributed by atoms with Crippen molar-refractivity contribution in [3.8, 4) is 5.75 Å². The molecule has 0 aliphatic carbocycles. The number of carbonyl (C=O) groups is 1. The molecule has 0 bridgehead atoms. The van der Waals surface area contributed by atoms with Gasteiger partial charge in [0.25, 0.3) is 0 Å². The minimum absolute atomic E-state index is 0.0214. The normalized spacial score (nSPS) is 10.1. The van der Waals surface area contributed by atoms with Gasteiger partial charge in [-0.1, -0.05) is 12.1 Å². The molecule has 0 fully saturated rings. The molecule has 0 aromatic heterocycles. The first-order valence-electron chi connectivity index (χ1n) is 5.89. The maximum Gasteiger partial charge on any atom is 0.239 e. The number of anilines is 1. The van der Waals surface area contributed by atoms with Crippen LogP contribution in [0.15, 0.2) is 24.3 Å². The van der Waals surface area contributed by atoms with Crippen molar-refractivity contribution in [2.45, 2.75) is 26.9 Å². The van der Waals surface area contributed by atoms with Crippen molar-refractivity contribution in [1.29, 1.82) is 0 Å². The second kappa shape index (κ2) is 6.78. The summed E-state index contributed by atoms with van der Waals surface area (Å²) >= 11 is 0. The van der Waals surface area contributed by atoms with Crippen molar-refractivity contribution in [2.24, 2.45) is 0 Å². The molecule has 1 rings (SSSR count). The van der Waals surface area contributed by atoms with Crippen LogP contribution >= 0.6 is 0 Å². The fourth-order valence-corrected chi connectivity index (χ4v) is 1.40. The van der Waals surface area contributed by atoms with Gasteiger partial charge in [0.2, 0.25) is 5.91 Å². The van der Waals surface area contributed by atoms with E-state index < -0.39 is 0 Å². The maximum absolute atomic E-state index is 11.3. The lowest BCUT2D eigenvalue weighted by atomic mass is 10.3. The second-order valence-corrected chi connectivity index (χ2v) is 3.97. The molecule has 0 spiro atoms. The zero-order chi connectivity index (χ0) is 12.7. The van der Waals surface area contributed by atoms with Gasteiger partial charge in [-0.2, -0.15) is 0 Å². The van der Waals surface area contributed by atoms with Gasteiger partial charge in [0, 0.05) is 6.54 Å². The summed E-state index contributed by atoms with van der Waals surface area (Å²) in [5.41, 5.74) is 0.840. The van der Waals surface area contributed by atoms with Crippen LogP contribution in [-0.4, -0.2) is 25.1 Å². The van der Waals surface area contributed by atoms with Crippen LogP contribution in [0.5, 0.6) is 5.75 Å². The Labute approximate surface area is 102 Å². The van der Waals surface area contributed by atoms with Crippen LogP contribution < -0.4 is 15.4 Å². The molecule has 94 valence electrons. The van der Waals surface area contributed by atoms with E-state index in [1.54, 1.807) is 0 Å². The Morgan fingerprint density at radius 3 is 2.71 bits per heavy atom. The number of amides is 1. The topological polar surface area (TPSA) is 50.4 Å². The van der Waals surface area contributed by atoms with Gasteiger partial charge in [-0.25, -0.2) is 0 Å². The van der Waals surface area contributed by atoms with Gasteiger partial charge >= 0.3 is 0 Å². The molecule has 0 radical (unpaired) electrons. The van der Waals surface area contributed by atoms with E-state index in [2.05, 4.69) is 10.6 Å². The predicted octanol–water partition coefficient (Wildman–Crippen LogP) is 2.02. The lowest BCUT2D eigenvalue weighted by molar-refractivity contribution is -0.119. The van der Waals surface area contributed by atoms with Crippen molar-refractivity contribution >= 4 is 11.6 Å². The van der Waals surface area contributed by atoms with Gasteiger partial charge in [-0.05, 0) is 32.9 Å². The summed E-state index contributed by atoms with van der Waals surface area (Å²) in [5.74, 6) is 0.749. The van der Waals surface area contributed by atoms with Crippen LogP contribution in [0.4, 0.5) is 5.69 Å². The van der Waals surface area contributed by atoms with Gasteiger partial charge in [0.1, 0.15) is 5.75 Å². The highest BCUT2D eigenvalue weighted by Crippen LogP contribution is 2.24. The quantitative estimate of drug-likeness (QED) is 0.794. The molecule has 1 amide bonds. The molecule has 0 saturated carbocycles. The standard InChI is InChI=1S/C13H20N2O2/c1-4-14-13(16)9-15-11-7-5-6-8-12(11)17-10(2)3/h5-8,10,15H,4,9H2,1-3H3,(H,14,16). The number of ether oxygens (including phenoxy) is 1. The van der Waals surface area contributed by atoms with Crippen molar-refractivity contribution in [3.05, 3.63) is 24.3 Å². The van der Waals surface area contributed by atoms with Crippen LogP contribution in [0.25, 0.3) is 0 Å². The molecular formula is C13H20N2O2. The monoisotopic (exact) mass is 236 g/mol. The third kappa shape index (κ3) is 4.76. The Kier molecular flexibility index (Phi) is 5.33. The number of para-hydroxylation sites is 2. The average Bonchev–Trinajstić information content (AvgIpc) is 2.27. The lowest BCUT2D eigenvalue weighted by Crippen LogP contribution is -2.29. The lowest BCUT2D eigenvalue weighted by Gasteiger charge is -2.15. The number of benzene rings is 1.